The van der Waals surface area contributed by atoms with Crippen molar-refractivity contribution in [3.05, 3.63) is 35.2 Å². The molecule has 2 aromatic rings. The molecule has 112 valence electrons. The highest BCUT2D eigenvalue weighted by Crippen LogP contribution is 2.47. The second kappa shape index (κ2) is 5.73. The molecule has 0 aliphatic heterocycles. The first-order valence-corrected chi connectivity index (χ1v) is 9.35. The van der Waals surface area contributed by atoms with Gasteiger partial charge in [0.25, 0.3) is 0 Å². The zero-order chi connectivity index (χ0) is 14.2. The molecular weight excluding hydrogens is 276 g/mol. The predicted molar refractivity (Wildman–Crippen MR) is 89.6 cm³/mol. The SMILES string of the molecule is OC(c1csc2ccccc12)C1CCC2CCCCC2C1. The van der Waals surface area contributed by atoms with Crippen molar-refractivity contribution in [2.24, 2.45) is 17.8 Å². The van der Waals surface area contributed by atoms with Crippen molar-refractivity contribution in [1.82, 2.24) is 0 Å². The fourth-order valence-corrected chi connectivity index (χ4v) is 5.67. The normalized spacial score (nSPS) is 31.0. The number of thiophene rings is 1. The molecule has 0 amide bonds. The molecular formula is C19H24OS. The molecule has 1 nitrogen and oxygen atoms in total. The smallest absolute Gasteiger partial charge is 0.0832 e. The third-order valence-electron chi connectivity index (χ3n) is 5.86. The summed E-state index contributed by atoms with van der Waals surface area (Å²) in [6, 6.07) is 8.50. The first-order chi connectivity index (χ1) is 10.3. The fourth-order valence-electron chi connectivity index (χ4n) is 4.68. The summed E-state index contributed by atoms with van der Waals surface area (Å²) in [5, 5.41) is 14.4. The highest BCUT2D eigenvalue weighted by Gasteiger charge is 2.35. The standard InChI is InChI=1S/C19H24OS/c20-19(17-12-21-18-8-4-3-7-16(17)18)15-10-9-13-5-1-2-6-14(13)11-15/h3-4,7-8,12-15,19-20H,1-2,5-6,9-11H2. The van der Waals surface area contributed by atoms with E-state index in [-0.39, 0.29) is 6.10 Å². The number of hydrogen-bond donors (Lipinski definition) is 1. The van der Waals surface area contributed by atoms with E-state index in [0.717, 1.165) is 11.8 Å². The average Bonchev–Trinajstić information content (AvgIpc) is 2.98. The van der Waals surface area contributed by atoms with E-state index in [2.05, 4.69) is 29.6 Å². The van der Waals surface area contributed by atoms with Crippen LogP contribution in [0, 0.1) is 17.8 Å². The molecule has 2 fully saturated rings. The highest BCUT2D eigenvalue weighted by molar-refractivity contribution is 7.17. The van der Waals surface area contributed by atoms with Crippen LogP contribution in [0.2, 0.25) is 0 Å². The highest BCUT2D eigenvalue weighted by atomic mass is 32.1. The lowest BCUT2D eigenvalue weighted by atomic mass is 9.66. The van der Waals surface area contributed by atoms with Crippen molar-refractivity contribution in [3.63, 3.8) is 0 Å². The van der Waals surface area contributed by atoms with Gasteiger partial charge in [0, 0.05) is 4.70 Å². The summed E-state index contributed by atoms with van der Waals surface area (Å²) >= 11 is 1.77. The molecule has 4 rings (SSSR count). The Hall–Kier alpha value is -0.860. The Labute approximate surface area is 131 Å². The second-order valence-electron chi connectivity index (χ2n) is 7.01. The van der Waals surface area contributed by atoms with Gasteiger partial charge in [0.2, 0.25) is 0 Å². The molecule has 4 atom stereocenters. The van der Waals surface area contributed by atoms with Gasteiger partial charge in [-0.2, -0.15) is 0 Å². The van der Waals surface area contributed by atoms with E-state index in [0.29, 0.717) is 5.92 Å². The van der Waals surface area contributed by atoms with E-state index in [9.17, 15) is 5.11 Å². The lowest BCUT2D eigenvalue weighted by molar-refractivity contribution is 0.0359. The number of rotatable bonds is 2. The minimum absolute atomic E-state index is 0.260. The van der Waals surface area contributed by atoms with E-state index in [1.54, 1.807) is 11.3 Å². The van der Waals surface area contributed by atoms with Gasteiger partial charge < -0.3 is 5.11 Å². The first-order valence-electron chi connectivity index (χ1n) is 8.47. The molecule has 2 saturated carbocycles. The van der Waals surface area contributed by atoms with Crippen LogP contribution in [0.15, 0.2) is 29.6 Å². The Bertz CT molecular complexity index is 617. The summed E-state index contributed by atoms with van der Waals surface area (Å²) in [6.07, 6.45) is 9.22. The zero-order valence-electron chi connectivity index (χ0n) is 12.5. The summed E-state index contributed by atoms with van der Waals surface area (Å²) < 4.78 is 1.30. The summed E-state index contributed by atoms with van der Waals surface area (Å²) in [5.74, 6) is 2.32. The number of benzene rings is 1. The van der Waals surface area contributed by atoms with E-state index in [4.69, 9.17) is 0 Å². The molecule has 2 aliphatic rings. The Morgan fingerprint density at radius 1 is 1.00 bits per heavy atom. The maximum atomic E-state index is 10.9. The molecule has 1 heterocycles. The third kappa shape index (κ3) is 2.53. The van der Waals surface area contributed by atoms with E-state index in [1.165, 1.54) is 60.6 Å². The molecule has 0 radical (unpaired) electrons. The summed E-state index contributed by atoms with van der Waals surface area (Å²) in [5.41, 5.74) is 1.18. The Kier molecular flexibility index (Phi) is 3.76. The molecule has 21 heavy (non-hydrogen) atoms. The van der Waals surface area contributed by atoms with Crippen LogP contribution >= 0.6 is 11.3 Å². The molecule has 0 saturated heterocycles. The fraction of sp³-hybridized carbons (Fsp3) is 0.579. The van der Waals surface area contributed by atoms with Crippen molar-refractivity contribution in [3.8, 4) is 0 Å². The minimum Gasteiger partial charge on any atom is -0.388 e. The van der Waals surface area contributed by atoms with Crippen molar-refractivity contribution >= 4 is 21.4 Å². The average molecular weight is 300 g/mol. The zero-order valence-corrected chi connectivity index (χ0v) is 13.3. The topological polar surface area (TPSA) is 20.2 Å². The van der Waals surface area contributed by atoms with Crippen LogP contribution in [0.25, 0.3) is 10.1 Å². The van der Waals surface area contributed by atoms with Gasteiger partial charge in [-0.05, 0) is 59.4 Å². The molecule has 2 aliphatic carbocycles. The lowest BCUT2D eigenvalue weighted by Crippen LogP contribution is -2.30. The van der Waals surface area contributed by atoms with Crippen molar-refractivity contribution in [1.29, 1.82) is 0 Å². The molecule has 0 spiro atoms. The predicted octanol–water partition coefficient (Wildman–Crippen LogP) is 5.54. The number of aliphatic hydroxyl groups excluding tert-OH is 1. The van der Waals surface area contributed by atoms with Crippen LogP contribution < -0.4 is 0 Å². The molecule has 2 heteroatoms. The molecule has 4 unspecified atom stereocenters. The van der Waals surface area contributed by atoms with Crippen LogP contribution in [-0.2, 0) is 0 Å². The molecule has 1 aromatic carbocycles. The first kappa shape index (κ1) is 13.8. The van der Waals surface area contributed by atoms with E-state index < -0.39 is 0 Å². The third-order valence-corrected chi connectivity index (χ3v) is 6.84. The van der Waals surface area contributed by atoms with Crippen molar-refractivity contribution in [2.45, 2.75) is 51.0 Å². The van der Waals surface area contributed by atoms with E-state index >= 15 is 0 Å². The largest absolute Gasteiger partial charge is 0.388 e. The second-order valence-corrected chi connectivity index (χ2v) is 7.92. The van der Waals surface area contributed by atoms with Crippen molar-refractivity contribution < 1.29 is 5.11 Å². The number of aliphatic hydroxyl groups is 1. The quantitative estimate of drug-likeness (QED) is 0.772. The van der Waals surface area contributed by atoms with Crippen LogP contribution in [0.5, 0.6) is 0 Å². The van der Waals surface area contributed by atoms with Gasteiger partial charge >= 0.3 is 0 Å². The monoisotopic (exact) mass is 300 g/mol. The van der Waals surface area contributed by atoms with Gasteiger partial charge in [-0.15, -0.1) is 11.3 Å². The van der Waals surface area contributed by atoms with Crippen LogP contribution in [0.4, 0.5) is 0 Å². The minimum atomic E-state index is -0.260. The molecule has 0 bridgehead atoms. The van der Waals surface area contributed by atoms with Gasteiger partial charge in [0.15, 0.2) is 0 Å². The number of fused-ring (bicyclic) bond motifs is 2. The number of hydrogen-bond acceptors (Lipinski definition) is 2. The Balaban J connectivity index is 1.56. The molecule has 1 N–H and O–H groups in total. The van der Waals surface area contributed by atoms with E-state index in [1.807, 2.05) is 0 Å². The van der Waals surface area contributed by atoms with Crippen LogP contribution in [-0.4, -0.2) is 5.11 Å². The maximum Gasteiger partial charge on any atom is 0.0832 e. The van der Waals surface area contributed by atoms with Gasteiger partial charge in [-0.3, -0.25) is 0 Å². The van der Waals surface area contributed by atoms with Crippen LogP contribution in [0.3, 0.4) is 0 Å². The summed E-state index contributed by atoms with van der Waals surface area (Å²) in [7, 11) is 0. The summed E-state index contributed by atoms with van der Waals surface area (Å²) in [4.78, 5) is 0. The van der Waals surface area contributed by atoms with Gasteiger partial charge in [-0.25, -0.2) is 0 Å². The van der Waals surface area contributed by atoms with Gasteiger partial charge in [0.1, 0.15) is 0 Å². The van der Waals surface area contributed by atoms with Gasteiger partial charge in [0.05, 0.1) is 6.10 Å². The van der Waals surface area contributed by atoms with Crippen LogP contribution in [0.1, 0.15) is 56.6 Å². The van der Waals surface area contributed by atoms with Crippen molar-refractivity contribution in [2.75, 3.05) is 0 Å². The lowest BCUT2D eigenvalue weighted by Gasteiger charge is -2.40. The molecule has 1 aromatic heterocycles. The van der Waals surface area contributed by atoms with Gasteiger partial charge in [-0.1, -0.05) is 43.9 Å². The Morgan fingerprint density at radius 2 is 1.81 bits per heavy atom. The maximum absolute atomic E-state index is 10.9. The summed E-state index contributed by atoms with van der Waals surface area (Å²) in [6.45, 7) is 0. The Morgan fingerprint density at radius 3 is 2.71 bits per heavy atom.